The van der Waals surface area contributed by atoms with E-state index < -0.39 is 11.5 Å². The molecule has 6 N–H and O–H groups in total. The van der Waals surface area contributed by atoms with Crippen molar-refractivity contribution in [3.8, 4) is 0 Å². The second kappa shape index (κ2) is 8.84. The summed E-state index contributed by atoms with van der Waals surface area (Å²) in [6.45, 7) is 5.46. The number of benzene rings is 1. The summed E-state index contributed by atoms with van der Waals surface area (Å²) in [5.74, 6) is -0.507. The van der Waals surface area contributed by atoms with Crippen molar-refractivity contribution in [3.05, 3.63) is 23.8 Å². The fraction of sp³-hybridized carbons (Fsp3) is 0.522. The van der Waals surface area contributed by atoms with E-state index in [2.05, 4.69) is 25.6 Å². The van der Waals surface area contributed by atoms with Gasteiger partial charge in [-0.3, -0.25) is 14.9 Å². The van der Waals surface area contributed by atoms with Crippen LogP contribution in [-0.2, 0) is 14.3 Å². The van der Waals surface area contributed by atoms with Crippen molar-refractivity contribution in [3.63, 3.8) is 0 Å². The minimum absolute atomic E-state index is 0.00259. The van der Waals surface area contributed by atoms with Crippen LogP contribution in [0.3, 0.4) is 0 Å². The highest BCUT2D eigenvalue weighted by Gasteiger charge is 2.46. The molecule has 1 saturated carbocycles. The van der Waals surface area contributed by atoms with E-state index in [1.807, 2.05) is 25.1 Å². The number of carbonyl (C=O) groups is 2. The zero-order valence-electron chi connectivity index (χ0n) is 19.2. The minimum Gasteiger partial charge on any atom is -0.459 e. The summed E-state index contributed by atoms with van der Waals surface area (Å²) < 4.78 is 5.29. The summed E-state index contributed by atoms with van der Waals surface area (Å²) in [6.07, 6.45) is 3.92. The van der Waals surface area contributed by atoms with Crippen LogP contribution < -0.4 is 22.1 Å². The third kappa shape index (κ3) is 4.99. The molecule has 1 aromatic carbocycles. The normalized spacial score (nSPS) is 24.2. The third-order valence-corrected chi connectivity index (χ3v) is 6.36. The number of aromatic nitrogens is 2. The monoisotopic (exact) mass is 453 g/mol. The summed E-state index contributed by atoms with van der Waals surface area (Å²) >= 11 is 0. The van der Waals surface area contributed by atoms with Crippen LogP contribution in [0.25, 0.3) is 10.9 Å². The van der Waals surface area contributed by atoms with Crippen LogP contribution in [0, 0.1) is 12.8 Å². The molecule has 4 rings (SSSR count). The summed E-state index contributed by atoms with van der Waals surface area (Å²) in [5, 5.41) is 7.15. The van der Waals surface area contributed by atoms with Crippen molar-refractivity contribution >= 4 is 40.5 Å². The number of cyclic esters (lactones) is 1. The molecule has 10 nitrogen and oxygen atoms in total. The van der Waals surface area contributed by atoms with Gasteiger partial charge in [-0.25, -0.2) is 9.98 Å². The highest BCUT2D eigenvalue weighted by Crippen LogP contribution is 2.34. The molecular formula is C23H31N7O3. The Morgan fingerprint density at radius 1 is 1.21 bits per heavy atom. The van der Waals surface area contributed by atoms with Gasteiger partial charge >= 0.3 is 5.97 Å². The fourth-order valence-corrected chi connectivity index (χ4v) is 4.63. The Morgan fingerprint density at radius 2 is 1.97 bits per heavy atom. The molecule has 2 aromatic rings. The maximum Gasteiger partial charge on any atom is 0.307 e. The van der Waals surface area contributed by atoms with Crippen molar-refractivity contribution < 1.29 is 14.3 Å². The molecule has 3 unspecified atom stereocenters. The SMILES string of the molecule is Cc1ccc2nc(NC(=O)C3CC(=O)OC3(C)C)nc(NC3CCCCC3N=C(N)N)c2c1. The number of nitrogens with one attached hydrogen (secondary N) is 2. The number of fused-ring (bicyclic) bond motifs is 1. The van der Waals surface area contributed by atoms with Gasteiger partial charge in [-0.2, -0.15) is 4.98 Å². The highest BCUT2D eigenvalue weighted by atomic mass is 16.6. The lowest BCUT2D eigenvalue weighted by molar-refractivity contribution is -0.147. The third-order valence-electron chi connectivity index (χ3n) is 6.36. The lowest BCUT2D eigenvalue weighted by Crippen LogP contribution is -2.39. The molecule has 1 aromatic heterocycles. The number of rotatable bonds is 5. The van der Waals surface area contributed by atoms with Gasteiger partial charge in [-0.1, -0.05) is 24.5 Å². The Bertz CT molecular complexity index is 1110. The van der Waals surface area contributed by atoms with Gasteiger partial charge < -0.3 is 21.5 Å². The number of anilines is 2. The number of nitrogens with zero attached hydrogens (tertiary/aromatic N) is 3. The maximum absolute atomic E-state index is 13.0. The van der Waals surface area contributed by atoms with E-state index in [1.54, 1.807) is 13.8 Å². The molecule has 0 spiro atoms. The van der Waals surface area contributed by atoms with Gasteiger partial charge in [-0.05, 0) is 45.7 Å². The van der Waals surface area contributed by atoms with Crippen LogP contribution in [-0.4, -0.2) is 45.5 Å². The van der Waals surface area contributed by atoms with Crippen molar-refractivity contribution in [2.24, 2.45) is 22.4 Å². The number of aliphatic imine (C=N–C) groups is 1. The Hall–Kier alpha value is -3.43. The fourth-order valence-electron chi connectivity index (χ4n) is 4.63. The van der Waals surface area contributed by atoms with E-state index in [9.17, 15) is 9.59 Å². The second-order valence-corrected chi connectivity index (χ2v) is 9.40. The number of nitrogens with two attached hydrogens (primary N) is 2. The quantitative estimate of drug-likeness (QED) is 0.305. The average molecular weight is 454 g/mol. The first-order valence-corrected chi connectivity index (χ1v) is 11.3. The van der Waals surface area contributed by atoms with E-state index in [4.69, 9.17) is 16.2 Å². The number of hydrogen-bond donors (Lipinski definition) is 4. The van der Waals surface area contributed by atoms with Crippen LogP contribution in [0.5, 0.6) is 0 Å². The van der Waals surface area contributed by atoms with Gasteiger partial charge in [0.2, 0.25) is 11.9 Å². The molecule has 1 amide bonds. The number of ether oxygens (including phenoxy) is 1. The zero-order valence-corrected chi connectivity index (χ0v) is 19.2. The molecule has 0 bridgehead atoms. The number of hydrogen-bond acceptors (Lipinski definition) is 7. The first-order valence-electron chi connectivity index (χ1n) is 11.3. The molecule has 2 fully saturated rings. The molecule has 0 radical (unpaired) electrons. The predicted molar refractivity (Wildman–Crippen MR) is 127 cm³/mol. The standard InChI is InChI=1S/C23H31N7O3/c1-12-8-9-15-13(10-12)19(26-16-6-4-5-7-17(16)27-21(24)25)29-22(28-15)30-20(32)14-11-18(31)33-23(14,2)3/h8-10,14,16-17H,4-7,11H2,1-3H3,(H4,24,25,27)(H2,26,28,29,30,32). The van der Waals surface area contributed by atoms with Crippen LogP contribution in [0.15, 0.2) is 23.2 Å². The Morgan fingerprint density at radius 3 is 2.67 bits per heavy atom. The topological polar surface area (TPSA) is 158 Å². The molecule has 1 aliphatic carbocycles. The summed E-state index contributed by atoms with van der Waals surface area (Å²) in [6, 6.07) is 5.81. The van der Waals surface area contributed by atoms with Crippen LogP contribution in [0.1, 0.15) is 51.5 Å². The Labute approximate surface area is 192 Å². The first-order chi connectivity index (χ1) is 15.6. The van der Waals surface area contributed by atoms with Crippen molar-refractivity contribution in [2.45, 2.75) is 70.6 Å². The summed E-state index contributed by atoms with van der Waals surface area (Å²) in [5.41, 5.74) is 12.2. The van der Waals surface area contributed by atoms with Crippen LogP contribution in [0.4, 0.5) is 11.8 Å². The lowest BCUT2D eigenvalue weighted by atomic mass is 9.90. The maximum atomic E-state index is 13.0. The van der Waals surface area contributed by atoms with E-state index in [-0.39, 0.29) is 42.3 Å². The molecule has 1 saturated heterocycles. The van der Waals surface area contributed by atoms with Crippen LogP contribution in [0.2, 0.25) is 0 Å². The average Bonchev–Trinajstić information content (AvgIpc) is 3.01. The number of amides is 1. The Balaban J connectivity index is 1.66. The van der Waals surface area contributed by atoms with E-state index >= 15 is 0 Å². The van der Waals surface area contributed by atoms with Crippen LogP contribution >= 0.6 is 0 Å². The number of esters is 1. The lowest BCUT2D eigenvalue weighted by Gasteiger charge is -2.30. The Kier molecular flexibility index (Phi) is 6.09. The highest BCUT2D eigenvalue weighted by molar-refractivity contribution is 5.97. The van der Waals surface area contributed by atoms with E-state index in [0.29, 0.717) is 11.3 Å². The van der Waals surface area contributed by atoms with Gasteiger partial charge in [-0.15, -0.1) is 0 Å². The molecule has 3 atom stereocenters. The van der Waals surface area contributed by atoms with E-state index in [0.717, 1.165) is 36.6 Å². The molecule has 2 heterocycles. The van der Waals surface area contributed by atoms with Gasteiger partial charge in [0.1, 0.15) is 11.4 Å². The zero-order chi connectivity index (χ0) is 23.8. The van der Waals surface area contributed by atoms with Crippen molar-refractivity contribution in [2.75, 3.05) is 10.6 Å². The molecule has 10 heteroatoms. The molecule has 33 heavy (non-hydrogen) atoms. The van der Waals surface area contributed by atoms with Crippen molar-refractivity contribution in [1.29, 1.82) is 0 Å². The van der Waals surface area contributed by atoms with Gasteiger partial charge in [0, 0.05) is 5.39 Å². The van der Waals surface area contributed by atoms with Gasteiger partial charge in [0.25, 0.3) is 0 Å². The van der Waals surface area contributed by atoms with Crippen molar-refractivity contribution in [1.82, 2.24) is 9.97 Å². The largest absolute Gasteiger partial charge is 0.459 e. The first kappa shape index (κ1) is 22.8. The predicted octanol–water partition coefficient (Wildman–Crippen LogP) is 2.21. The van der Waals surface area contributed by atoms with Gasteiger partial charge in [0.15, 0.2) is 5.96 Å². The number of guanidine groups is 1. The summed E-state index contributed by atoms with van der Waals surface area (Å²) in [7, 11) is 0. The van der Waals surface area contributed by atoms with E-state index in [1.165, 1.54) is 0 Å². The summed E-state index contributed by atoms with van der Waals surface area (Å²) in [4.78, 5) is 38.3. The number of carbonyl (C=O) groups excluding carboxylic acids is 2. The molecular weight excluding hydrogens is 422 g/mol. The molecule has 176 valence electrons. The second-order valence-electron chi connectivity index (χ2n) is 9.40. The molecule has 2 aliphatic rings. The molecule has 1 aliphatic heterocycles. The van der Waals surface area contributed by atoms with Gasteiger partial charge in [0.05, 0.1) is 29.9 Å². The smallest absolute Gasteiger partial charge is 0.307 e. The number of aryl methyl sites for hydroxylation is 1. The minimum atomic E-state index is -0.883.